The molecule has 2 aromatic carbocycles. The van der Waals surface area contributed by atoms with E-state index in [4.69, 9.17) is 9.47 Å². The number of likely N-dealkylation sites (tertiary alicyclic amines) is 1. The molecule has 1 atom stereocenters. The maximum atomic E-state index is 13.5. The molecule has 32 heavy (non-hydrogen) atoms. The van der Waals surface area contributed by atoms with E-state index in [-0.39, 0.29) is 44.0 Å². The second-order valence-electron chi connectivity index (χ2n) is 7.82. The summed E-state index contributed by atoms with van der Waals surface area (Å²) in [6.07, 6.45) is 0.499. The number of benzene rings is 2. The molecule has 2 aromatic rings. The summed E-state index contributed by atoms with van der Waals surface area (Å²) in [4.78, 5) is 40.8. The number of carboxylic acids is 1. The van der Waals surface area contributed by atoms with Crippen molar-refractivity contribution >= 4 is 17.8 Å². The van der Waals surface area contributed by atoms with Gasteiger partial charge in [-0.3, -0.25) is 14.5 Å². The van der Waals surface area contributed by atoms with E-state index in [1.54, 1.807) is 35.2 Å². The van der Waals surface area contributed by atoms with Crippen LogP contribution in [0.5, 0.6) is 5.75 Å². The summed E-state index contributed by atoms with van der Waals surface area (Å²) in [6.45, 7) is 0.358. The van der Waals surface area contributed by atoms with Crippen molar-refractivity contribution in [1.29, 1.82) is 0 Å². The van der Waals surface area contributed by atoms with Crippen LogP contribution in [0, 0.1) is 5.82 Å². The highest BCUT2D eigenvalue weighted by atomic mass is 19.1. The van der Waals surface area contributed by atoms with Gasteiger partial charge < -0.3 is 19.5 Å². The summed E-state index contributed by atoms with van der Waals surface area (Å²) in [7, 11) is 1.51. The van der Waals surface area contributed by atoms with Crippen LogP contribution in [0.1, 0.15) is 33.6 Å². The lowest BCUT2D eigenvalue weighted by atomic mass is 9.96. The number of carbonyl (C=O) groups excluding carboxylic acids is 2. The van der Waals surface area contributed by atoms with Gasteiger partial charge >= 0.3 is 5.97 Å². The molecule has 168 valence electrons. The number of methoxy groups -OCH3 is 1. The first kappa shape index (κ1) is 21.8. The highest BCUT2D eigenvalue weighted by Crippen LogP contribution is 2.39. The Morgan fingerprint density at radius 3 is 2.34 bits per heavy atom. The van der Waals surface area contributed by atoms with Crippen molar-refractivity contribution in [1.82, 2.24) is 9.80 Å². The quantitative estimate of drug-likeness (QED) is 0.781. The normalized spacial score (nSPS) is 19.8. The molecular weight excluding hydrogens is 419 g/mol. The number of amides is 2. The summed E-state index contributed by atoms with van der Waals surface area (Å²) in [5.74, 6) is -1.85. The van der Waals surface area contributed by atoms with Gasteiger partial charge in [-0.15, -0.1) is 0 Å². The number of rotatable bonds is 4. The van der Waals surface area contributed by atoms with Gasteiger partial charge in [0.05, 0.1) is 13.7 Å². The number of halogens is 1. The van der Waals surface area contributed by atoms with Crippen molar-refractivity contribution in [3.8, 4) is 5.75 Å². The highest BCUT2D eigenvalue weighted by molar-refractivity contribution is 5.98. The number of ether oxygens (including phenoxy) is 2. The standard InChI is InChI=1S/C23H23FN2O6/c1-31-18-7-5-15(6-8-18)21(28)26-19(22(29)30)14-32-23(26)9-11-25(12-10-23)20(27)16-3-2-4-17(24)13-16/h2-8,13,19H,9-12,14H2,1H3,(H,29,30). The molecule has 2 saturated heterocycles. The largest absolute Gasteiger partial charge is 0.497 e. The van der Waals surface area contributed by atoms with Gasteiger partial charge in [0, 0.05) is 37.1 Å². The molecule has 0 saturated carbocycles. The van der Waals surface area contributed by atoms with Crippen molar-refractivity contribution in [3.63, 3.8) is 0 Å². The van der Waals surface area contributed by atoms with E-state index >= 15 is 0 Å². The molecule has 2 amide bonds. The van der Waals surface area contributed by atoms with E-state index in [9.17, 15) is 23.9 Å². The maximum absolute atomic E-state index is 13.5. The zero-order chi connectivity index (χ0) is 22.9. The Morgan fingerprint density at radius 2 is 1.75 bits per heavy atom. The lowest BCUT2D eigenvalue weighted by Gasteiger charge is -2.44. The molecular formula is C23H23FN2O6. The lowest BCUT2D eigenvalue weighted by molar-refractivity contribution is -0.143. The summed E-state index contributed by atoms with van der Waals surface area (Å²) in [5, 5.41) is 9.70. The van der Waals surface area contributed by atoms with Gasteiger partial charge in [0.2, 0.25) is 0 Å². The van der Waals surface area contributed by atoms with Crippen LogP contribution in [-0.4, -0.2) is 71.3 Å². The molecule has 0 radical (unpaired) electrons. The predicted molar refractivity (Wildman–Crippen MR) is 111 cm³/mol. The summed E-state index contributed by atoms with van der Waals surface area (Å²) >= 11 is 0. The third-order valence-electron chi connectivity index (χ3n) is 6.00. The van der Waals surface area contributed by atoms with Crippen molar-refractivity contribution < 1.29 is 33.4 Å². The Balaban J connectivity index is 1.55. The molecule has 2 aliphatic rings. The van der Waals surface area contributed by atoms with Gasteiger partial charge in [0.15, 0.2) is 6.04 Å². The highest BCUT2D eigenvalue weighted by Gasteiger charge is 2.54. The van der Waals surface area contributed by atoms with E-state index in [0.717, 1.165) is 0 Å². The average Bonchev–Trinajstić information content (AvgIpc) is 3.17. The molecule has 1 N–H and O–H groups in total. The molecule has 1 spiro atoms. The Kier molecular flexibility index (Phi) is 5.84. The van der Waals surface area contributed by atoms with Crippen molar-refractivity contribution in [3.05, 3.63) is 65.5 Å². The minimum Gasteiger partial charge on any atom is -0.497 e. The third-order valence-corrected chi connectivity index (χ3v) is 6.00. The van der Waals surface area contributed by atoms with Crippen molar-refractivity contribution in [2.45, 2.75) is 24.6 Å². The van der Waals surface area contributed by atoms with E-state index < -0.39 is 29.5 Å². The minimum absolute atomic E-state index is 0.130. The smallest absolute Gasteiger partial charge is 0.328 e. The molecule has 8 nitrogen and oxygen atoms in total. The van der Waals surface area contributed by atoms with Crippen LogP contribution in [-0.2, 0) is 9.53 Å². The van der Waals surface area contributed by atoms with Gasteiger partial charge in [-0.2, -0.15) is 0 Å². The van der Waals surface area contributed by atoms with Crippen LogP contribution >= 0.6 is 0 Å². The average molecular weight is 442 g/mol. The second kappa shape index (κ2) is 8.58. The lowest BCUT2D eigenvalue weighted by Crippen LogP contribution is -2.58. The fraction of sp³-hybridized carbons (Fsp3) is 0.348. The van der Waals surface area contributed by atoms with Gasteiger partial charge in [0.25, 0.3) is 11.8 Å². The molecule has 2 heterocycles. The van der Waals surface area contributed by atoms with Gasteiger partial charge in [-0.1, -0.05) is 6.07 Å². The number of nitrogens with zero attached hydrogens (tertiary/aromatic N) is 2. The number of carboxylic acid groups (broad SMARTS) is 1. The monoisotopic (exact) mass is 442 g/mol. The van der Waals surface area contributed by atoms with Crippen LogP contribution in [0.25, 0.3) is 0 Å². The Labute approximate surface area is 184 Å². The summed E-state index contributed by atoms with van der Waals surface area (Å²) in [6, 6.07) is 10.8. The van der Waals surface area contributed by atoms with Gasteiger partial charge in [-0.25, -0.2) is 9.18 Å². The SMILES string of the molecule is COc1ccc(C(=O)N2C(C(=O)O)COC23CCN(C(=O)c2cccc(F)c2)CC3)cc1. The first-order valence-corrected chi connectivity index (χ1v) is 10.2. The van der Waals surface area contributed by atoms with Crippen LogP contribution in [0.15, 0.2) is 48.5 Å². The molecule has 0 bridgehead atoms. The van der Waals surface area contributed by atoms with Crippen LogP contribution < -0.4 is 4.74 Å². The molecule has 1 unspecified atom stereocenters. The van der Waals surface area contributed by atoms with Gasteiger partial charge in [-0.05, 0) is 42.5 Å². The van der Waals surface area contributed by atoms with E-state index in [1.165, 1.54) is 30.2 Å². The van der Waals surface area contributed by atoms with Crippen LogP contribution in [0.3, 0.4) is 0 Å². The third kappa shape index (κ3) is 3.91. The van der Waals surface area contributed by atoms with E-state index in [1.807, 2.05) is 0 Å². The van der Waals surface area contributed by atoms with Crippen molar-refractivity contribution in [2.24, 2.45) is 0 Å². The van der Waals surface area contributed by atoms with Crippen molar-refractivity contribution in [2.75, 3.05) is 26.8 Å². The molecule has 9 heteroatoms. The first-order chi connectivity index (χ1) is 15.3. The number of piperidine rings is 1. The number of aliphatic carboxylic acids is 1. The maximum Gasteiger partial charge on any atom is 0.328 e. The van der Waals surface area contributed by atoms with Crippen LogP contribution in [0.4, 0.5) is 4.39 Å². The summed E-state index contributed by atoms with van der Waals surface area (Å²) in [5.41, 5.74) is -0.568. The Hall–Kier alpha value is -3.46. The predicted octanol–water partition coefficient (Wildman–Crippen LogP) is 2.39. The van der Waals surface area contributed by atoms with E-state index in [0.29, 0.717) is 11.3 Å². The molecule has 2 aliphatic heterocycles. The topological polar surface area (TPSA) is 96.4 Å². The Bertz CT molecular complexity index is 1030. The first-order valence-electron chi connectivity index (χ1n) is 10.2. The number of hydrogen-bond acceptors (Lipinski definition) is 5. The van der Waals surface area contributed by atoms with Gasteiger partial charge in [0.1, 0.15) is 17.3 Å². The minimum atomic E-state index is -1.15. The zero-order valence-corrected chi connectivity index (χ0v) is 17.5. The molecule has 0 aliphatic carbocycles. The number of hydrogen-bond donors (Lipinski definition) is 1. The fourth-order valence-corrected chi connectivity index (χ4v) is 4.29. The number of carbonyl (C=O) groups is 3. The Morgan fingerprint density at radius 1 is 1.06 bits per heavy atom. The van der Waals surface area contributed by atoms with E-state index in [2.05, 4.69) is 0 Å². The zero-order valence-electron chi connectivity index (χ0n) is 17.5. The molecule has 2 fully saturated rings. The molecule has 0 aromatic heterocycles. The van der Waals surface area contributed by atoms with Crippen LogP contribution in [0.2, 0.25) is 0 Å². The fourth-order valence-electron chi connectivity index (χ4n) is 4.29. The second-order valence-corrected chi connectivity index (χ2v) is 7.82. The summed E-state index contributed by atoms with van der Waals surface area (Å²) < 4.78 is 24.5. The molecule has 4 rings (SSSR count).